The standard InChI is InChI=1S/C46H51N3O7S/c1-31-12-22-40(23-13-31)57(53,54)48-42(26-33-8-4-3-5-9-33)45(52)47-27-38-10-6-7-11-41(38)35-18-20-37(21-19-35)46-55-43(29-49-25-24-39(51)28-49)32(2)44(56-46)36-16-14-34(30-50)15-17-36/h3-23,32,39,42-44,46,48,50-51H,24-30H2,1-2H3,(H,47,52). The Morgan fingerprint density at radius 3 is 2.21 bits per heavy atom. The molecule has 2 saturated heterocycles. The van der Waals surface area contributed by atoms with Gasteiger partial charge in [0.15, 0.2) is 6.29 Å². The van der Waals surface area contributed by atoms with Crippen molar-refractivity contribution in [2.24, 2.45) is 5.92 Å². The van der Waals surface area contributed by atoms with Crippen molar-refractivity contribution < 1.29 is 32.9 Å². The first kappa shape index (κ1) is 40.5. The molecule has 298 valence electrons. The lowest BCUT2D eigenvalue weighted by Gasteiger charge is -2.42. The lowest BCUT2D eigenvalue weighted by atomic mass is 9.90. The molecule has 0 aromatic heterocycles. The first-order valence-electron chi connectivity index (χ1n) is 19.6. The van der Waals surface area contributed by atoms with Gasteiger partial charge < -0.3 is 25.0 Å². The van der Waals surface area contributed by atoms with E-state index in [1.54, 1.807) is 24.3 Å². The van der Waals surface area contributed by atoms with E-state index in [-0.39, 0.29) is 48.7 Å². The number of ether oxygens (including phenoxy) is 2. The first-order chi connectivity index (χ1) is 27.6. The van der Waals surface area contributed by atoms with Crippen molar-refractivity contribution in [1.29, 1.82) is 0 Å². The maximum absolute atomic E-state index is 13.8. The number of sulfonamides is 1. The zero-order valence-electron chi connectivity index (χ0n) is 32.3. The molecular formula is C46H51N3O7S. The van der Waals surface area contributed by atoms with Gasteiger partial charge in [-0.25, -0.2) is 8.42 Å². The summed E-state index contributed by atoms with van der Waals surface area (Å²) in [5, 5.41) is 22.8. The van der Waals surface area contributed by atoms with Crippen molar-refractivity contribution in [1.82, 2.24) is 14.9 Å². The monoisotopic (exact) mass is 789 g/mol. The number of carbonyl (C=O) groups excluding carboxylic acids is 1. The number of carbonyl (C=O) groups is 1. The summed E-state index contributed by atoms with van der Waals surface area (Å²) < 4.78 is 42.8. The number of likely N-dealkylation sites (tertiary alicyclic amines) is 1. The second-order valence-electron chi connectivity index (χ2n) is 15.2. The number of hydrogen-bond acceptors (Lipinski definition) is 8. The molecule has 0 bridgehead atoms. The molecule has 5 aromatic rings. The molecule has 2 aliphatic rings. The van der Waals surface area contributed by atoms with Crippen molar-refractivity contribution in [2.75, 3.05) is 19.6 Å². The smallest absolute Gasteiger partial charge is 0.241 e. The Bertz CT molecular complexity index is 2200. The number of amides is 1. The van der Waals surface area contributed by atoms with E-state index in [0.29, 0.717) is 13.1 Å². The van der Waals surface area contributed by atoms with Gasteiger partial charge in [0.1, 0.15) is 6.04 Å². The predicted octanol–water partition coefficient (Wildman–Crippen LogP) is 6.22. The Morgan fingerprint density at radius 1 is 0.842 bits per heavy atom. The molecule has 11 heteroatoms. The van der Waals surface area contributed by atoms with Crippen molar-refractivity contribution in [3.8, 4) is 11.1 Å². The molecule has 5 aromatic carbocycles. The number of β-amino-alcohol motifs (C(OH)–C–C–N with tert-alkyl or cyclic N) is 1. The van der Waals surface area contributed by atoms with E-state index in [2.05, 4.69) is 21.9 Å². The third-order valence-electron chi connectivity index (χ3n) is 11.0. The molecule has 10 nitrogen and oxygen atoms in total. The number of benzene rings is 5. The lowest BCUT2D eigenvalue weighted by Crippen LogP contribution is -2.47. The lowest BCUT2D eigenvalue weighted by molar-refractivity contribution is -0.276. The molecule has 2 fully saturated rings. The zero-order chi connectivity index (χ0) is 39.9. The van der Waals surface area contributed by atoms with Gasteiger partial charge in [0, 0.05) is 37.7 Å². The van der Waals surface area contributed by atoms with Crippen LogP contribution < -0.4 is 10.0 Å². The van der Waals surface area contributed by atoms with Crippen LogP contribution in [-0.2, 0) is 43.9 Å². The molecule has 57 heavy (non-hydrogen) atoms. The normalized spacial score (nSPS) is 21.9. The molecule has 0 radical (unpaired) electrons. The molecular weight excluding hydrogens is 739 g/mol. The van der Waals surface area contributed by atoms with Crippen LogP contribution in [0.4, 0.5) is 0 Å². The fraction of sp³-hybridized carbons (Fsp3) is 0.326. The Balaban J connectivity index is 1.08. The SMILES string of the molecule is Cc1ccc(S(=O)(=O)NC(Cc2ccccc2)C(=O)NCc2ccccc2-c2ccc(C3OC(CN4CCC(O)C4)C(C)C(c4ccc(CO)cc4)O3)cc2)cc1. The van der Waals surface area contributed by atoms with Crippen molar-refractivity contribution in [3.63, 3.8) is 0 Å². The summed E-state index contributed by atoms with van der Waals surface area (Å²) in [6.07, 6.45) is -0.413. The van der Waals surface area contributed by atoms with E-state index in [0.717, 1.165) is 57.5 Å². The Kier molecular flexibility index (Phi) is 13.0. The summed E-state index contributed by atoms with van der Waals surface area (Å²) in [6, 6.07) is 38.6. The van der Waals surface area contributed by atoms with Crippen LogP contribution in [0.1, 0.15) is 59.1 Å². The summed E-state index contributed by atoms with van der Waals surface area (Å²) in [7, 11) is -3.98. The summed E-state index contributed by atoms with van der Waals surface area (Å²) in [5.74, 6) is -0.399. The van der Waals surface area contributed by atoms with Gasteiger partial charge >= 0.3 is 0 Å². The van der Waals surface area contributed by atoms with E-state index in [4.69, 9.17) is 9.47 Å². The molecule has 2 aliphatic heterocycles. The second kappa shape index (κ2) is 18.3. The van der Waals surface area contributed by atoms with Gasteiger partial charge in [-0.3, -0.25) is 9.69 Å². The van der Waals surface area contributed by atoms with E-state index in [1.165, 1.54) is 0 Å². The van der Waals surface area contributed by atoms with Gasteiger partial charge in [0.05, 0.1) is 29.8 Å². The van der Waals surface area contributed by atoms with Crippen LogP contribution in [-0.4, -0.2) is 67.3 Å². The Morgan fingerprint density at radius 2 is 1.53 bits per heavy atom. The fourth-order valence-electron chi connectivity index (χ4n) is 7.65. The van der Waals surface area contributed by atoms with Crippen molar-refractivity contribution >= 4 is 15.9 Å². The Hall–Kier alpha value is -4.72. The molecule has 0 aliphatic carbocycles. The van der Waals surface area contributed by atoms with Crippen molar-refractivity contribution in [3.05, 3.63) is 161 Å². The minimum Gasteiger partial charge on any atom is -0.392 e. The summed E-state index contributed by atoms with van der Waals surface area (Å²) in [6.45, 7) is 6.31. The maximum Gasteiger partial charge on any atom is 0.241 e. The highest BCUT2D eigenvalue weighted by Gasteiger charge is 2.40. The van der Waals surface area contributed by atoms with Crippen LogP contribution in [0.2, 0.25) is 0 Å². The van der Waals surface area contributed by atoms with Crippen LogP contribution in [0, 0.1) is 12.8 Å². The highest BCUT2D eigenvalue weighted by molar-refractivity contribution is 7.89. The number of aryl methyl sites for hydroxylation is 1. The molecule has 1 amide bonds. The topological polar surface area (TPSA) is 137 Å². The van der Waals surface area contributed by atoms with Gasteiger partial charge in [0.2, 0.25) is 15.9 Å². The van der Waals surface area contributed by atoms with Crippen LogP contribution in [0.3, 0.4) is 0 Å². The van der Waals surface area contributed by atoms with Gasteiger partial charge in [-0.15, -0.1) is 0 Å². The maximum atomic E-state index is 13.8. The molecule has 6 atom stereocenters. The van der Waals surface area contributed by atoms with Gasteiger partial charge in [-0.05, 0) is 65.3 Å². The number of rotatable bonds is 14. The Labute approximate surface area is 335 Å². The van der Waals surface area contributed by atoms with E-state index in [1.807, 2.05) is 110 Å². The number of nitrogens with one attached hydrogen (secondary N) is 2. The number of aliphatic hydroxyl groups excluding tert-OH is 2. The average molecular weight is 790 g/mol. The molecule has 4 N–H and O–H groups in total. The summed E-state index contributed by atoms with van der Waals surface area (Å²) in [5.41, 5.74) is 7.22. The van der Waals surface area contributed by atoms with E-state index in [9.17, 15) is 23.4 Å². The molecule has 6 unspecified atom stereocenters. The molecule has 0 saturated carbocycles. The van der Waals surface area contributed by atoms with Crippen LogP contribution in [0.15, 0.2) is 132 Å². The minimum atomic E-state index is -3.98. The molecule has 7 rings (SSSR count). The van der Waals surface area contributed by atoms with Crippen LogP contribution >= 0.6 is 0 Å². The second-order valence-corrected chi connectivity index (χ2v) is 16.9. The average Bonchev–Trinajstić information content (AvgIpc) is 3.65. The third kappa shape index (κ3) is 10.1. The third-order valence-corrected chi connectivity index (χ3v) is 12.5. The zero-order valence-corrected chi connectivity index (χ0v) is 33.1. The van der Waals surface area contributed by atoms with Gasteiger partial charge in [0.25, 0.3) is 0 Å². The summed E-state index contributed by atoms with van der Waals surface area (Å²) in [4.78, 5) is 16.1. The minimum absolute atomic E-state index is 0.0281. The van der Waals surface area contributed by atoms with Crippen molar-refractivity contribution in [2.45, 2.75) is 75.4 Å². The highest BCUT2D eigenvalue weighted by Crippen LogP contribution is 2.42. The number of aliphatic hydroxyl groups is 2. The van der Waals surface area contributed by atoms with Gasteiger partial charge in [-0.1, -0.05) is 128 Å². The largest absolute Gasteiger partial charge is 0.392 e. The quantitative estimate of drug-likeness (QED) is 0.104. The number of hydrogen-bond donors (Lipinski definition) is 4. The van der Waals surface area contributed by atoms with Crippen LogP contribution in [0.5, 0.6) is 0 Å². The molecule has 2 heterocycles. The molecule has 0 spiro atoms. The number of nitrogens with zero attached hydrogens (tertiary/aromatic N) is 1. The van der Waals surface area contributed by atoms with E-state index < -0.39 is 28.3 Å². The first-order valence-corrected chi connectivity index (χ1v) is 21.0. The van der Waals surface area contributed by atoms with Gasteiger partial charge in [-0.2, -0.15) is 4.72 Å². The fourth-order valence-corrected chi connectivity index (χ4v) is 8.85. The highest BCUT2D eigenvalue weighted by atomic mass is 32.2. The predicted molar refractivity (Wildman–Crippen MR) is 219 cm³/mol. The summed E-state index contributed by atoms with van der Waals surface area (Å²) >= 11 is 0. The van der Waals surface area contributed by atoms with Crippen LogP contribution in [0.25, 0.3) is 11.1 Å². The van der Waals surface area contributed by atoms with E-state index >= 15 is 0 Å².